The Kier molecular flexibility index (Phi) is 7.70. The van der Waals surface area contributed by atoms with Crippen LogP contribution in [0.4, 0.5) is 13.2 Å². The van der Waals surface area contributed by atoms with E-state index in [0.29, 0.717) is 18.4 Å². The molecule has 1 heterocycles. The lowest BCUT2D eigenvalue weighted by Gasteiger charge is -2.14. The van der Waals surface area contributed by atoms with Crippen LogP contribution in [0.5, 0.6) is 5.75 Å². The molecule has 0 N–H and O–H groups in total. The van der Waals surface area contributed by atoms with E-state index < -0.39 is 15.6 Å². The Morgan fingerprint density at radius 1 is 0.833 bits per heavy atom. The lowest BCUT2D eigenvalue weighted by Crippen LogP contribution is -2.23. The van der Waals surface area contributed by atoms with Gasteiger partial charge in [-0.05, 0) is 57.0 Å². The molecule has 6 nitrogen and oxygen atoms in total. The van der Waals surface area contributed by atoms with Gasteiger partial charge in [0.05, 0.1) is 23.7 Å². The Morgan fingerprint density at radius 3 is 1.97 bits per heavy atom. The van der Waals surface area contributed by atoms with Gasteiger partial charge >= 0.3 is 21.6 Å². The van der Waals surface area contributed by atoms with Gasteiger partial charge in [0, 0.05) is 10.8 Å². The molecule has 4 aromatic rings. The zero-order chi connectivity index (χ0) is 26.8. The van der Waals surface area contributed by atoms with Crippen LogP contribution >= 0.6 is 0 Å². The maximum absolute atomic E-state index is 13.3. The Balaban J connectivity index is 0.000000345. The lowest BCUT2D eigenvalue weighted by molar-refractivity contribution is -0.0526. The van der Waals surface area contributed by atoms with Gasteiger partial charge in [0.15, 0.2) is 0 Å². The van der Waals surface area contributed by atoms with Crippen LogP contribution in [0.3, 0.4) is 0 Å². The summed E-state index contributed by atoms with van der Waals surface area (Å²) in [5, 5.41) is 1.63. The minimum absolute atomic E-state index is 0.348. The Bertz CT molecular complexity index is 1540. The Morgan fingerprint density at radius 2 is 1.42 bits per heavy atom. The third-order valence-corrected chi connectivity index (χ3v) is 6.35. The monoisotopic (exact) mass is 519 g/mol. The van der Waals surface area contributed by atoms with E-state index in [-0.39, 0.29) is 5.97 Å². The van der Waals surface area contributed by atoms with E-state index in [2.05, 4.69) is 4.18 Å². The predicted octanol–water partition coefficient (Wildman–Crippen LogP) is 6.32. The van der Waals surface area contributed by atoms with Crippen molar-refractivity contribution in [2.75, 3.05) is 7.11 Å². The summed E-state index contributed by atoms with van der Waals surface area (Å²) in [5.74, 6) is 0.284. The maximum Gasteiger partial charge on any atom is 0.523 e. The van der Waals surface area contributed by atoms with Crippen molar-refractivity contribution in [1.82, 2.24) is 4.98 Å². The van der Waals surface area contributed by atoms with Gasteiger partial charge in [0.25, 0.3) is 0 Å². The van der Waals surface area contributed by atoms with Crippen molar-refractivity contribution in [3.63, 3.8) is 0 Å². The summed E-state index contributed by atoms with van der Waals surface area (Å²) >= 11 is 0. The van der Waals surface area contributed by atoms with Gasteiger partial charge in [0.2, 0.25) is 0 Å². The average Bonchev–Trinajstić information content (AvgIpc) is 2.79. The molecule has 0 aliphatic rings. The van der Waals surface area contributed by atoms with Crippen molar-refractivity contribution in [1.29, 1.82) is 0 Å². The number of hydrogen-bond acceptors (Lipinski definition) is 6. The highest BCUT2D eigenvalue weighted by molar-refractivity contribution is 7.87. The second-order valence-electron chi connectivity index (χ2n) is 8.21. The lowest BCUT2D eigenvalue weighted by atomic mass is 10.0. The van der Waals surface area contributed by atoms with Crippen molar-refractivity contribution in [3.05, 3.63) is 82.4 Å². The van der Waals surface area contributed by atoms with Crippen molar-refractivity contribution < 1.29 is 35.3 Å². The number of aryl methyl sites for hydroxylation is 4. The maximum atomic E-state index is 13.3. The number of benzene rings is 3. The Labute approximate surface area is 206 Å². The summed E-state index contributed by atoms with van der Waals surface area (Å²) < 4.78 is 61.8. The number of carbonyl (C=O) groups excluding carboxylic acids is 1. The van der Waals surface area contributed by atoms with Gasteiger partial charge in [-0.15, -0.1) is 0 Å². The first kappa shape index (κ1) is 27.1. The molecule has 3 aromatic carbocycles. The number of halogens is 3. The highest BCUT2D eigenvalue weighted by Crippen LogP contribution is 2.30. The fraction of sp³-hybridized carbons (Fsp3) is 0.231. The highest BCUT2D eigenvalue weighted by atomic mass is 32.2. The second kappa shape index (κ2) is 10.2. The number of nitrogens with zero attached hydrogens (tertiary/aromatic N) is 1. The zero-order valence-electron chi connectivity index (χ0n) is 20.2. The smallest absolute Gasteiger partial charge is 0.422 e. The number of esters is 1. The number of carbonyl (C=O) groups is 1. The number of pyridine rings is 1. The van der Waals surface area contributed by atoms with Gasteiger partial charge in [0.1, 0.15) is 5.75 Å². The molecule has 0 fully saturated rings. The summed E-state index contributed by atoms with van der Waals surface area (Å²) in [6.07, 6.45) is 0. The molecule has 0 unspecified atom stereocenters. The first-order valence-corrected chi connectivity index (χ1v) is 12.1. The molecular formula is C26H24F3NO5S. The fourth-order valence-electron chi connectivity index (χ4n) is 3.79. The SMILES string of the molecule is COS(=O)(=O)C(F)(F)F.Cc1cc(C)c(OC(=O)c2c3ccccc3nc3ccc(C)cc23)c(C)c1. The second-order valence-corrected chi connectivity index (χ2v) is 9.91. The van der Waals surface area contributed by atoms with E-state index in [9.17, 15) is 26.4 Å². The van der Waals surface area contributed by atoms with Crippen LogP contribution in [0.2, 0.25) is 0 Å². The van der Waals surface area contributed by atoms with Crippen LogP contribution in [0, 0.1) is 27.7 Å². The van der Waals surface area contributed by atoms with Gasteiger partial charge in [-0.3, -0.25) is 4.18 Å². The van der Waals surface area contributed by atoms with E-state index >= 15 is 0 Å². The van der Waals surface area contributed by atoms with E-state index in [1.54, 1.807) is 0 Å². The topological polar surface area (TPSA) is 82.6 Å². The van der Waals surface area contributed by atoms with Crippen LogP contribution in [-0.4, -0.2) is 32.0 Å². The molecule has 0 bridgehead atoms. The molecule has 1 aromatic heterocycles. The van der Waals surface area contributed by atoms with Crippen molar-refractivity contribution in [2.24, 2.45) is 0 Å². The number of para-hydroxylation sites is 1. The minimum Gasteiger partial charge on any atom is -0.422 e. The molecule has 0 aliphatic carbocycles. The Hall–Kier alpha value is -3.50. The van der Waals surface area contributed by atoms with E-state index in [4.69, 9.17) is 9.72 Å². The van der Waals surface area contributed by atoms with Gasteiger partial charge in [-0.25, -0.2) is 9.78 Å². The average molecular weight is 520 g/mol. The number of alkyl halides is 3. The van der Waals surface area contributed by atoms with Crippen molar-refractivity contribution in [2.45, 2.75) is 33.2 Å². The summed E-state index contributed by atoms with van der Waals surface area (Å²) in [4.78, 5) is 18.0. The van der Waals surface area contributed by atoms with E-state index in [0.717, 1.165) is 44.1 Å². The molecule has 0 saturated carbocycles. The number of hydrogen-bond donors (Lipinski definition) is 0. The number of aromatic nitrogens is 1. The van der Waals surface area contributed by atoms with Crippen molar-refractivity contribution >= 4 is 37.9 Å². The summed E-state index contributed by atoms with van der Waals surface area (Å²) in [6.45, 7) is 7.99. The van der Waals surface area contributed by atoms with Gasteiger partial charge < -0.3 is 4.74 Å². The summed E-state index contributed by atoms with van der Waals surface area (Å²) in [5.41, 5.74) is 0.998. The molecule has 36 heavy (non-hydrogen) atoms. The number of rotatable bonds is 3. The van der Waals surface area contributed by atoms with Crippen LogP contribution in [-0.2, 0) is 14.3 Å². The van der Waals surface area contributed by atoms with Crippen LogP contribution in [0.1, 0.15) is 32.6 Å². The van der Waals surface area contributed by atoms with E-state index in [1.165, 1.54) is 0 Å². The molecule has 10 heteroatoms. The first-order valence-electron chi connectivity index (χ1n) is 10.7. The highest BCUT2D eigenvalue weighted by Gasteiger charge is 2.46. The molecule has 190 valence electrons. The largest absolute Gasteiger partial charge is 0.523 e. The molecule has 0 amide bonds. The third kappa shape index (κ3) is 5.66. The molecule has 0 saturated heterocycles. The standard InChI is InChI=1S/C24H21NO2.C2H3F3O3S/c1-14-9-10-21-19(13-14)22(18-7-5-6-8-20(18)25-21)24(26)27-23-16(3)11-15(2)12-17(23)4;1-8-9(6,7)2(3,4)5/h5-13H,1-4H3;1H3. The van der Waals surface area contributed by atoms with Gasteiger partial charge in [-0.1, -0.05) is 47.5 Å². The zero-order valence-corrected chi connectivity index (χ0v) is 21.0. The van der Waals surface area contributed by atoms with Crippen LogP contribution in [0.15, 0.2) is 54.6 Å². The van der Waals surface area contributed by atoms with Crippen LogP contribution in [0.25, 0.3) is 21.8 Å². The van der Waals surface area contributed by atoms with Crippen molar-refractivity contribution in [3.8, 4) is 5.75 Å². The molecule has 0 spiro atoms. The molecule has 4 rings (SSSR count). The molecule has 0 atom stereocenters. The molecule has 0 aliphatic heterocycles. The first-order chi connectivity index (χ1) is 16.7. The van der Waals surface area contributed by atoms with Crippen LogP contribution < -0.4 is 4.74 Å². The number of ether oxygens (including phenoxy) is 1. The molecule has 0 radical (unpaired) electrons. The van der Waals surface area contributed by atoms with E-state index in [1.807, 2.05) is 82.3 Å². The summed E-state index contributed by atoms with van der Waals surface area (Å²) in [7, 11) is -4.89. The third-order valence-electron chi connectivity index (χ3n) is 5.34. The predicted molar refractivity (Wildman–Crippen MR) is 132 cm³/mol. The fourth-order valence-corrected chi connectivity index (χ4v) is 3.98. The minimum atomic E-state index is -5.34. The molecular weight excluding hydrogens is 495 g/mol. The normalized spacial score (nSPS) is 11.8. The number of fused-ring (bicyclic) bond motifs is 2. The van der Waals surface area contributed by atoms with Gasteiger partial charge in [-0.2, -0.15) is 21.6 Å². The quantitative estimate of drug-likeness (QED) is 0.104. The summed E-state index contributed by atoms with van der Waals surface area (Å²) in [6, 6.07) is 17.7.